The van der Waals surface area contributed by atoms with Crippen molar-refractivity contribution in [3.63, 3.8) is 0 Å². The average Bonchev–Trinajstić information content (AvgIpc) is 2.52. The van der Waals surface area contributed by atoms with E-state index in [1.54, 1.807) is 4.68 Å². The Labute approximate surface area is 77.6 Å². The maximum atomic E-state index is 8.73. The van der Waals surface area contributed by atoms with Gasteiger partial charge in [0, 0.05) is 12.6 Å². The summed E-state index contributed by atoms with van der Waals surface area (Å²) in [5.74, 6) is 0.740. The maximum Gasteiger partial charge on any atom is 0.144 e. The number of rotatable bonds is 4. The van der Waals surface area contributed by atoms with Crippen molar-refractivity contribution in [2.75, 3.05) is 6.61 Å². The van der Waals surface area contributed by atoms with Crippen LogP contribution in [0.25, 0.3) is 0 Å². The smallest absolute Gasteiger partial charge is 0.144 e. The molecule has 0 fully saturated rings. The maximum absolute atomic E-state index is 8.73. The first-order valence-corrected chi connectivity index (χ1v) is 4.42. The van der Waals surface area contributed by atoms with E-state index in [2.05, 4.69) is 10.1 Å². The predicted octanol–water partition coefficient (Wildman–Crippen LogP) is 0.241. The zero-order valence-electron chi connectivity index (χ0n) is 8.01. The van der Waals surface area contributed by atoms with Crippen LogP contribution in [0.1, 0.15) is 38.2 Å². The van der Waals surface area contributed by atoms with E-state index in [0.29, 0.717) is 6.42 Å². The van der Waals surface area contributed by atoms with Crippen LogP contribution in [0.4, 0.5) is 0 Å². The van der Waals surface area contributed by atoms with Gasteiger partial charge < -0.3 is 10.8 Å². The van der Waals surface area contributed by atoms with Crippen LogP contribution in [0.15, 0.2) is 6.33 Å². The van der Waals surface area contributed by atoms with Gasteiger partial charge in [0.1, 0.15) is 12.2 Å². The van der Waals surface area contributed by atoms with Crippen molar-refractivity contribution in [2.24, 2.45) is 5.73 Å². The van der Waals surface area contributed by atoms with Gasteiger partial charge in [-0.3, -0.25) is 0 Å². The van der Waals surface area contributed by atoms with Gasteiger partial charge in [-0.2, -0.15) is 5.10 Å². The largest absolute Gasteiger partial charge is 0.396 e. The summed E-state index contributed by atoms with van der Waals surface area (Å²) in [5, 5.41) is 12.8. The Balaban J connectivity index is 2.80. The summed E-state index contributed by atoms with van der Waals surface area (Å²) in [6.45, 7) is 4.11. The first-order valence-electron chi connectivity index (χ1n) is 4.42. The molecule has 0 spiro atoms. The molecule has 1 aromatic rings. The van der Waals surface area contributed by atoms with E-state index < -0.39 is 0 Å². The molecule has 74 valence electrons. The summed E-state index contributed by atoms with van der Waals surface area (Å²) in [5.41, 5.74) is 5.81. The highest BCUT2D eigenvalue weighted by Gasteiger charge is 2.14. The van der Waals surface area contributed by atoms with Gasteiger partial charge in [0.05, 0.1) is 6.04 Å². The number of nitrogens with two attached hydrogens (primary N) is 1. The Bertz CT molecular complexity index is 258. The first-order chi connectivity index (χ1) is 6.16. The van der Waals surface area contributed by atoms with Crippen molar-refractivity contribution >= 4 is 0 Å². The van der Waals surface area contributed by atoms with Gasteiger partial charge in [-0.15, -0.1) is 0 Å². The second-order valence-corrected chi connectivity index (χ2v) is 3.28. The van der Waals surface area contributed by atoms with E-state index in [4.69, 9.17) is 10.8 Å². The fourth-order valence-corrected chi connectivity index (χ4v) is 1.19. The van der Waals surface area contributed by atoms with Crippen LogP contribution in [-0.2, 0) is 0 Å². The van der Waals surface area contributed by atoms with Crippen molar-refractivity contribution in [3.05, 3.63) is 12.2 Å². The number of hydrogen-bond donors (Lipinski definition) is 2. The highest BCUT2D eigenvalue weighted by Crippen LogP contribution is 2.13. The van der Waals surface area contributed by atoms with E-state index in [9.17, 15) is 0 Å². The first kappa shape index (κ1) is 10.1. The molecule has 1 atom stereocenters. The predicted molar refractivity (Wildman–Crippen MR) is 49.0 cm³/mol. The molecule has 0 saturated heterocycles. The molecule has 1 rings (SSSR count). The number of nitrogens with zero attached hydrogens (tertiary/aromatic N) is 3. The van der Waals surface area contributed by atoms with Crippen LogP contribution < -0.4 is 5.73 Å². The van der Waals surface area contributed by atoms with E-state index >= 15 is 0 Å². The Morgan fingerprint density at radius 2 is 2.31 bits per heavy atom. The minimum atomic E-state index is -0.227. The molecule has 0 radical (unpaired) electrons. The van der Waals surface area contributed by atoms with E-state index in [-0.39, 0.29) is 18.7 Å². The molecular formula is C8H16N4O. The van der Waals surface area contributed by atoms with Crippen LogP contribution in [0, 0.1) is 0 Å². The molecule has 0 aliphatic heterocycles. The minimum Gasteiger partial charge on any atom is -0.396 e. The molecule has 5 nitrogen and oxygen atoms in total. The summed E-state index contributed by atoms with van der Waals surface area (Å²) in [6.07, 6.45) is 2.01. The van der Waals surface area contributed by atoms with Gasteiger partial charge in [0.2, 0.25) is 0 Å². The van der Waals surface area contributed by atoms with Crippen molar-refractivity contribution in [3.8, 4) is 0 Å². The average molecular weight is 184 g/mol. The van der Waals surface area contributed by atoms with Crippen molar-refractivity contribution in [2.45, 2.75) is 32.4 Å². The van der Waals surface area contributed by atoms with Gasteiger partial charge in [-0.05, 0) is 20.3 Å². The molecule has 0 amide bonds. The SMILES string of the molecule is CC(C)n1ncnc1C(N)CCO. The summed E-state index contributed by atoms with van der Waals surface area (Å²) < 4.78 is 1.78. The molecular weight excluding hydrogens is 168 g/mol. The lowest BCUT2D eigenvalue weighted by Gasteiger charge is -2.13. The van der Waals surface area contributed by atoms with Gasteiger partial charge >= 0.3 is 0 Å². The highest BCUT2D eigenvalue weighted by atomic mass is 16.3. The summed E-state index contributed by atoms with van der Waals surface area (Å²) in [7, 11) is 0. The molecule has 0 aromatic carbocycles. The molecule has 1 aromatic heterocycles. The third-order valence-corrected chi connectivity index (χ3v) is 1.86. The number of aliphatic hydroxyl groups is 1. The minimum absolute atomic E-state index is 0.0755. The van der Waals surface area contributed by atoms with Crippen LogP contribution in [0.3, 0.4) is 0 Å². The van der Waals surface area contributed by atoms with Crippen LogP contribution in [0.2, 0.25) is 0 Å². The summed E-state index contributed by atoms with van der Waals surface area (Å²) in [6, 6.07) is 0.0251. The quantitative estimate of drug-likeness (QED) is 0.702. The molecule has 5 heteroatoms. The lowest BCUT2D eigenvalue weighted by molar-refractivity contribution is 0.272. The van der Waals surface area contributed by atoms with Crippen molar-refractivity contribution in [1.29, 1.82) is 0 Å². The molecule has 0 bridgehead atoms. The lowest BCUT2D eigenvalue weighted by atomic mass is 10.2. The van der Waals surface area contributed by atoms with E-state index in [1.807, 2.05) is 13.8 Å². The van der Waals surface area contributed by atoms with Gasteiger partial charge in [0.15, 0.2) is 0 Å². The molecule has 3 N–H and O–H groups in total. The van der Waals surface area contributed by atoms with Gasteiger partial charge in [-0.25, -0.2) is 9.67 Å². The van der Waals surface area contributed by atoms with Crippen LogP contribution in [0.5, 0.6) is 0 Å². The second kappa shape index (κ2) is 4.34. The third kappa shape index (κ3) is 2.26. The second-order valence-electron chi connectivity index (χ2n) is 3.28. The van der Waals surface area contributed by atoms with Gasteiger partial charge in [-0.1, -0.05) is 0 Å². The highest BCUT2D eigenvalue weighted by molar-refractivity contribution is 4.93. The zero-order valence-corrected chi connectivity index (χ0v) is 8.01. The van der Waals surface area contributed by atoms with Crippen LogP contribution in [-0.4, -0.2) is 26.5 Å². The molecule has 0 aliphatic rings. The summed E-state index contributed by atoms with van der Waals surface area (Å²) >= 11 is 0. The van der Waals surface area contributed by atoms with E-state index in [1.165, 1.54) is 6.33 Å². The Kier molecular flexibility index (Phi) is 3.39. The van der Waals surface area contributed by atoms with Crippen molar-refractivity contribution < 1.29 is 5.11 Å². The van der Waals surface area contributed by atoms with Gasteiger partial charge in [0.25, 0.3) is 0 Å². The number of aliphatic hydroxyl groups excluding tert-OH is 1. The number of hydrogen-bond acceptors (Lipinski definition) is 4. The monoisotopic (exact) mass is 184 g/mol. The lowest BCUT2D eigenvalue weighted by Crippen LogP contribution is -2.19. The molecule has 0 aliphatic carbocycles. The topological polar surface area (TPSA) is 77.0 Å². The Hall–Kier alpha value is -0.940. The fourth-order valence-electron chi connectivity index (χ4n) is 1.19. The van der Waals surface area contributed by atoms with Crippen LogP contribution >= 0.6 is 0 Å². The molecule has 1 unspecified atom stereocenters. The number of aromatic nitrogens is 3. The van der Waals surface area contributed by atoms with Crippen molar-refractivity contribution in [1.82, 2.24) is 14.8 Å². The normalized spacial score (nSPS) is 13.6. The fraction of sp³-hybridized carbons (Fsp3) is 0.750. The Morgan fingerprint density at radius 3 is 2.85 bits per heavy atom. The third-order valence-electron chi connectivity index (χ3n) is 1.86. The molecule has 1 heterocycles. The molecule has 13 heavy (non-hydrogen) atoms. The summed E-state index contributed by atoms with van der Waals surface area (Å²) in [4.78, 5) is 4.07. The van der Waals surface area contributed by atoms with E-state index in [0.717, 1.165) is 5.82 Å². The molecule has 0 saturated carbocycles. The standard InChI is InChI=1S/C8H16N4O/c1-6(2)12-8(10-5-11-12)7(9)3-4-13/h5-7,13H,3-4,9H2,1-2H3. The zero-order chi connectivity index (χ0) is 9.84. The Morgan fingerprint density at radius 1 is 1.62 bits per heavy atom.